The molecule has 2 fully saturated rings. The summed E-state index contributed by atoms with van der Waals surface area (Å²) in [5, 5.41) is 0. The van der Waals surface area contributed by atoms with Crippen molar-refractivity contribution in [3.8, 4) is 0 Å². The summed E-state index contributed by atoms with van der Waals surface area (Å²) in [5.74, 6) is 0. The van der Waals surface area contributed by atoms with Gasteiger partial charge in [0.05, 0.1) is 0 Å². The highest BCUT2D eigenvalue weighted by Crippen LogP contribution is 2.21. The Balaban J connectivity index is 0.00000162. The molecule has 0 aliphatic carbocycles. The van der Waals surface area contributed by atoms with E-state index in [0.29, 0.717) is 0 Å². The van der Waals surface area contributed by atoms with Crippen molar-refractivity contribution < 1.29 is 50.1 Å². The van der Waals surface area contributed by atoms with E-state index in [1.54, 1.807) is 0 Å². The van der Waals surface area contributed by atoms with Crippen molar-refractivity contribution in [2.24, 2.45) is 0 Å². The van der Waals surface area contributed by atoms with E-state index in [4.69, 9.17) is 0 Å². The summed E-state index contributed by atoms with van der Waals surface area (Å²) in [6, 6.07) is 0. The first kappa shape index (κ1) is 16.7. The van der Waals surface area contributed by atoms with Gasteiger partial charge in [-0.25, -0.2) is 0 Å². The fraction of sp³-hybridized carbons (Fsp3) is 0. The van der Waals surface area contributed by atoms with Gasteiger partial charge in [-0.1, -0.05) is 0 Å². The van der Waals surface area contributed by atoms with Crippen molar-refractivity contribution in [1.29, 1.82) is 0 Å². The van der Waals surface area contributed by atoms with Crippen molar-refractivity contribution in [1.82, 2.24) is 0 Å². The van der Waals surface area contributed by atoms with Crippen LogP contribution in [0.15, 0.2) is 0 Å². The molecule has 0 saturated carbocycles. The maximum absolute atomic E-state index is 11.0. The molecule has 0 bridgehead atoms. The van der Waals surface area contributed by atoms with Gasteiger partial charge in [0.25, 0.3) is 0 Å². The van der Waals surface area contributed by atoms with Gasteiger partial charge in [0.1, 0.15) is 0 Å². The van der Waals surface area contributed by atoms with Gasteiger partial charge < -0.3 is 24.9 Å². The van der Waals surface area contributed by atoms with Gasteiger partial charge in [-0.15, -0.1) is 0 Å². The summed E-state index contributed by atoms with van der Waals surface area (Å²) >= 11 is -6.74. The largest absolute Gasteiger partial charge is 0.956 e. The zero-order chi connectivity index (χ0) is 12.9. The molecule has 2 saturated heterocycles. The minimum absolute atomic E-state index is 0. The van der Waals surface area contributed by atoms with Gasteiger partial charge in [0.2, 0.25) is 0 Å². The molecule has 0 spiro atoms. The molecular formula is H2Al2O13S3. The molecule has 13 nitrogen and oxygen atoms in total. The van der Waals surface area contributed by atoms with Crippen LogP contribution < -0.4 is 0 Å². The second-order valence-corrected chi connectivity index (χ2v) is 10.6. The van der Waals surface area contributed by atoms with Crippen LogP contribution in [-0.4, -0.2) is 61.0 Å². The van der Waals surface area contributed by atoms with E-state index in [2.05, 4.69) is 19.4 Å². The summed E-state index contributed by atoms with van der Waals surface area (Å²) in [7, 11) is -13.1. The third-order valence-electron chi connectivity index (χ3n) is 1.18. The molecule has 2 heterocycles. The topological polar surface area (TPSA) is 189 Å². The Labute approximate surface area is 111 Å². The van der Waals surface area contributed by atoms with Crippen molar-refractivity contribution in [2.45, 2.75) is 0 Å². The molecule has 2 N–H and O–H groups in total. The van der Waals surface area contributed by atoms with Crippen LogP contribution in [0.25, 0.3) is 0 Å². The van der Waals surface area contributed by atoms with Crippen LogP contribution in [0.1, 0.15) is 0 Å². The first-order valence-electron chi connectivity index (χ1n) is 3.41. The van der Waals surface area contributed by atoms with Crippen LogP contribution in [0.2, 0.25) is 0 Å². The van der Waals surface area contributed by atoms with Gasteiger partial charge >= 0.3 is 61.5 Å². The maximum Gasteiger partial charge on any atom is 0.956 e. The molecule has 0 amide bonds. The lowest BCUT2D eigenvalue weighted by Gasteiger charge is -2.22. The van der Waals surface area contributed by atoms with Crippen LogP contribution in [0.5, 0.6) is 0 Å². The van der Waals surface area contributed by atoms with Crippen LogP contribution >= 0.6 is 0 Å². The second-order valence-electron chi connectivity index (χ2n) is 2.38. The molecule has 2 aliphatic heterocycles. The fourth-order valence-electron chi connectivity index (χ4n) is 0.679. The standard InChI is InChI=1S/2Al.3H2O4S.H2O/c;;3*1-5(2,3)4;/h;;3*(H2,1,2,3,4);1H2/q2*+3;;;;/p-6. The van der Waals surface area contributed by atoms with E-state index in [0.717, 1.165) is 0 Å². The normalized spacial score (nSPS) is 24.7. The van der Waals surface area contributed by atoms with E-state index in [-0.39, 0.29) is 5.48 Å². The molecule has 2 aliphatic rings. The Kier molecular flexibility index (Phi) is 4.82. The zero-order valence-corrected chi connectivity index (χ0v) is 12.5. The monoisotopic (exact) mass is 360 g/mol. The highest BCUT2D eigenvalue weighted by molar-refractivity contribution is 7.88. The Morgan fingerprint density at radius 3 is 1.28 bits per heavy atom. The van der Waals surface area contributed by atoms with E-state index < -0.39 is 61.5 Å². The molecule has 0 atom stereocenters. The Hall–Kier alpha value is 0.635. The molecule has 18 heavy (non-hydrogen) atoms. The molecule has 104 valence electrons. The van der Waals surface area contributed by atoms with Gasteiger partial charge in [-0.3, -0.25) is 0 Å². The predicted octanol–water partition coefficient (Wildman–Crippen LogP) is -4.01. The lowest BCUT2D eigenvalue weighted by molar-refractivity contribution is 0.189. The number of hydrogen-bond donors (Lipinski definition) is 0. The molecule has 0 radical (unpaired) electrons. The van der Waals surface area contributed by atoms with E-state index in [1.165, 1.54) is 0 Å². The Morgan fingerprint density at radius 1 is 0.778 bits per heavy atom. The highest BCUT2D eigenvalue weighted by Gasteiger charge is 2.60. The van der Waals surface area contributed by atoms with Crippen LogP contribution in [0.3, 0.4) is 0 Å². The number of hydrogen-bond acceptors (Lipinski definition) is 12. The smallest absolute Gasteiger partial charge is 0.412 e. The van der Waals surface area contributed by atoms with Gasteiger partial charge in [-0.2, -0.15) is 25.3 Å². The molecule has 18 heteroatoms. The van der Waals surface area contributed by atoms with Crippen LogP contribution in [-0.2, 0) is 50.6 Å². The lowest BCUT2D eigenvalue weighted by Crippen LogP contribution is -2.48. The van der Waals surface area contributed by atoms with Crippen molar-refractivity contribution >= 4 is 61.5 Å². The molecule has 0 unspecified atom stereocenters. The van der Waals surface area contributed by atoms with Crippen LogP contribution in [0.4, 0.5) is 0 Å². The van der Waals surface area contributed by atoms with Crippen LogP contribution in [0, 0.1) is 0 Å². The maximum atomic E-state index is 11.0. The lowest BCUT2D eigenvalue weighted by atomic mass is 15.6. The van der Waals surface area contributed by atoms with Gasteiger partial charge in [0, 0.05) is 0 Å². The summed E-state index contributed by atoms with van der Waals surface area (Å²) in [5.41, 5.74) is 0. The molecule has 0 aromatic heterocycles. The third kappa shape index (κ3) is 4.33. The summed E-state index contributed by atoms with van der Waals surface area (Å²) in [4.78, 5) is 0. The highest BCUT2D eigenvalue weighted by atomic mass is 32.3. The fourth-order valence-corrected chi connectivity index (χ4v) is 7.67. The average molecular weight is 360 g/mol. The summed E-state index contributed by atoms with van der Waals surface area (Å²) < 4.78 is 87.1. The predicted molar refractivity (Wildman–Crippen MR) is 48.4 cm³/mol. The minimum Gasteiger partial charge on any atom is -0.412 e. The van der Waals surface area contributed by atoms with Crippen molar-refractivity contribution in [3.63, 3.8) is 0 Å². The van der Waals surface area contributed by atoms with Gasteiger partial charge in [-0.05, 0) is 0 Å². The quantitative estimate of drug-likeness (QED) is 0.442. The van der Waals surface area contributed by atoms with Crippen molar-refractivity contribution in [2.75, 3.05) is 0 Å². The minimum atomic E-state index is -4.71. The van der Waals surface area contributed by atoms with Crippen molar-refractivity contribution in [3.05, 3.63) is 0 Å². The molecular weight excluding hydrogens is 358 g/mol. The number of rotatable bonds is 4. The van der Waals surface area contributed by atoms with E-state index >= 15 is 0 Å². The summed E-state index contributed by atoms with van der Waals surface area (Å²) in [6.07, 6.45) is 0. The zero-order valence-electron chi connectivity index (χ0n) is 7.78. The van der Waals surface area contributed by atoms with Gasteiger partial charge in [0.15, 0.2) is 0 Å². The average Bonchev–Trinajstić information content (AvgIpc) is 1.94. The first-order valence-corrected chi connectivity index (χ1v) is 10.2. The van der Waals surface area contributed by atoms with E-state index in [9.17, 15) is 25.3 Å². The van der Waals surface area contributed by atoms with E-state index in [1.807, 2.05) is 0 Å². The summed E-state index contributed by atoms with van der Waals surface area (Å²) in [6.45, 7) is 0. The SMILES string of the molecule is O.O=S1(=O)[O][Al]([O]S(=O)(=O)[O][Al]2[O]S(=O)(=O)[O]2)[O]1. The Bertz CT molecular complexity index is 533. The first-order chi connectivity index (χ1) is 7.57. The molecule has 2 rings (SSSR count). The third-order valence-corrected chi connectivity index (χ3v) is 10.6. The Morgan fingerprint density at radius 2 is 1.06 bits per heavy atom. The molecule has 0 aromatic carbocycles. The molecule has 0 aromatic rings. The second kappa shape index (κ2) is 5.20.